The number of esters is 2. The summed E-state index contributed by atoms with van der Waals surface area (Å²) in [5, 5.41) is 8.92. The first kappa shape index (κ1) is 62.2. The van der Waals surface area contributed by atoms with Crippen LogP contribution < -0.4 is 5.73 Å². The summed E-state index contributed by atoms with van der Waals surface area (Å²) in [5.74, 6) is -2.45. The van der Waals surface area contributed by atoms with Gasteiger partial charge >= 0.3 is 25.7 Å². The molecule has 0 aromatic carbocycles. The summed E-state index contributed by atoms with van der Waals surface area (Å²) in [7, 11) is -4.74. The highest BCUT2D eigenvalue weighted by Crippen LogP contribution is 2.43. The van der Waals surface area contributed by atoms with E-state index in [1.54, 1.807) is 0 Å². The van der Waals surface area contributed by atoms with E-state index < -0.39 is 51.1 Å². The van der Waals surface area contributed by atoms with Crippen molar-refractivity contribution in [2.45, 2.75) is 238 Å². The predicted molar refractivity (Wildman–Crippen MR) is 268 cm³/mol. The average molecular weight is 936 g/mol. The zero-order valence-corrected chi connectivity index (χ0v) is 42.0. The Hall–Kier alpha value is -2.82. The monoisotopic (exact) mass is 936 g/mol. The standard InChI is InChI=1S/C53H94NO10P/c1-3-5-7-9-11-13-15-17-19-21-22-23-24-25-26-27-29-30-32-34-36-38-40-42-44-51(55)61-46-49(47-62-65(59,60)63-48-50(54)53(57)58)64-52(56)45-43-41-39-37-35-33-31-28-20-18-16-14-12-10-8-6-4-2/h6,8,12,14,18,20,31,33,37,39,49-50H,3-5,7,9-11,13,15-17,19,21-30,32,34-36,38,40-48,54H2,1-2H3,(H,57,58)(H,59,60)/b8-6-,14-12-,20-18-,33-31-,39-37-. The minimum atomic E-state index is -4.74. The van der Waals surface area contributed by atoms with Crippen LogP contribution in [-0.2, 0) is 37.5 Å². The highest BCUT2D eigenvalue weighted by Gasteiger charge is 2.28. The number of carbonyl (C=O) groups is 3. The molecule has 12 heteroatoms. The van der Waals surface area contributed by atoms with E-state index in [2.05, 4.69) is 67.0 Å². The number of phosphoric acid groups is 1. The van der Waals surface area contributed by atoms with Gasteiger partial charge in [0.05, 0.1) is 13.2 Å². The fourth-order valence-corrected chi connectivity index (χ4v) is 7.82. The highest BCUT2D eigenvalue weighted by atomic mass is 31.2. The molecule has 0 saturated carbocycles. The average Bonchev–Trinajstić information content (AvgIpc) is 3.28. The van der Waals surface area contributed by atoms with Crippen molar-refractivity contribution < 1.29 is 47.5 Å². The summed E-state index contributed by atoms with van der Waals surface area (Å²) < 4.78 is 32.8. The number of nitrogens with two attached hydrogens (primary N) is 1. The molecule has 3 atom stereocenters. The van der Waals surface area contributed by atoms with Gasteiger partial charge in [-0.3, -0.25) is 23.4 Å². The molecule has 3 unspecified atom stereocenters. The molecule has 0 amide bonds. The maximum absolute atomic E-state index is 12.7. The molecular weight excluding hydrogens is 842 g/mol. The van der Waals surface area contributed by atoms with Gasteiger partial charge in [-0.2, -0.15) is 0 Å². The van der Waals surface area contributed by atoms with Crippen LogP contribution in [0.25, 0.3) is 0 Å². The lowest BCUT2D eigenvalue weighted by Crippen LogP contribution is -2.34. The molecule has 0 bridgehead atoms. The van der Waals surface area contributed by atoms with Crippen molar-refractivity contribution in [1.29, 1.82) is 0 Å². The Kier molecular flexibility index (Phi) is 45.6. The van der Waals surface area contributed by atoms with Gasteiger partial charge < -0.3 is 25.2 Å². The number of ether oxygens (including phenoxy) is 2. The topological polar surface area (TPSA) is 172 Å². The molecule has 65 heavy (non-hydrogen) atoms. The molecular formula is C53H94NO10P. The van der Waals surface area contributed by atoms with Crippen LogP contribution in [-0.4, -0.2) is 59.9 Å². The summed E-state index contributed by atoms with van der Waals surface area (Å²) in [6, 6.07) is -1.53. The molecule has 11 nitrogen and oxygen atoms in total. The first-order valence-electron chi connectivity index (χ1n) is 25.8. The molecule has 0 aromatic rings. The number of allylic oxidation sites excluding steroid dienone is 10. The number of unbranched alkanes of at least 4 members (excludes halogenated alkanes) is 24. The van der Waals surface area contributed by atoms with Gasteiger partial charge in [0.15, 0.2) is 6.10 Å². The Bertz CT molecular complexity index is 1330. The minimum absolute atomic E-state index is 0.0824. The Labute approximate surface area is 396 Å². The quantitative estimate of drug-likeness (QED) is 0.0229. The first-order valence-corrected chi connectivity index (χ1v) is 27.3. The number of hydrogen-bond acceptors (Lipinski definition) is 9. The third kappa shape index (κ3) is 47.5. The van der Waals surface area contributed by atoms with E-state index in [0.717, 1.165) is 51.4 Å². The van der Waals surface area contributed by atoms with Gasteiger partial charge in [0.2, 0.25) is 0 Å². The van der Waals surface area contributed by atoms with E-state index in [4.69, 9.17) is 24.8 Å². The molecule has 0 aliphatic carbocycles. The van der Waals surface area contributed by atoms with Crippen molar-refractivity contribution in [3.8, 4) is 0 Å². The highest BCUT2D eigenvalue weighted by molar-refractivity contribution is 7.47. The SMILES string of the molecule is CC/C=C\C/C=C\C/C=C\C/C=C\C/C=C\CCCC(=O)OC(COC(=O)CCCCCCCCCCCCCCCCCCCCCCCCCC)COP(=O)(O)OCC(N)C(=O)O. The molecule has 0 aromatic heterocycles. The fraction of sp³-hybridized carbons (Fsp3) is 0.755. The minimum Gasteiger partial charge on any atom is -0.480 e. The lowest BCUT2D eigenvalue weighted by molar-refractivity contribution is -0.161. The Morgan fingerprint density at radius 3 is 1.28 bits per heavy atom. The number of aliphatic carboxylic acids is 1. The molecule has 0 rings (SSSR count). The summed E-state index contributed by atoms with van der Waals surface area (Å²) in [6.07, 6.45) is 57.4. The summed E-state index contributed by atoms with van der Waals surface area (Å²) in [6.45, 7) is 2.66. The summed E-state index contributed by atoms with van der Waals surface area (Å²) in [5.41, 5.74) is 5.35. The van der Waals surface area contributed by atoms with Crippen LogP contribution in [0.4, 0.5) is 0 Å². The second kappa shape index (κ2) is 47.7. The Morgan fingerprint density at radius 2 is 0.862 bits per heavy atom. The van der Waals surface area contributed by atoms with Gasteiger partial charge in [-0.25, -0.2) is 4.57 Å². The van der Waals surface area contributed by atoms with Crippen LogP contribution in [0, 0.1) is 0 Å². The molecule has 0 fully saturated rings. The number of hydrogen-bond donors (Lipinski definition) is 3. The van der Waals surface area contributed by atoms with Gasteiger partial charge in [-0.05, 0) is 51.4 Å². The largest absolute Gasteiger partial charge is 0.480 e. The second-order valence-electron chi connectivity index (χ2n) is 17.3. The van der Waals surface area contributed by atoms with Crippen LogP contribution in [0.15, 0.2) is 60.8 Å². The summed E-state index contributed by atoms with van der Waals surface area (Å²) in [4.78, 5) is 46.1. The number of carboxylic acids is 1. The Morgan fingerprint density at radius 1 is 0.492 bits per heavy atom. The van der Waals surface area contributed by atoms with E-state index in [9.17, 15) is 23.8 Å². The molecule has 0 aliphatic rings. The van der Waals surface area contributed by atoms with Crippen LogP contribution in [0.2, 0.25) is 0 Å². The van der Waals surface area contributed by atoms with Gasteiger partial charge in [-0.15, -0.1) is 0 Å². The van der Waals surface area contributed by atoms with Crippen LogP contribution in [0.5, 0.6) is 0 Å². The zero-order chi connectivity index (χ0) is 47.7. The molecule has 0 saturated heterocycles. The van der Waals surface area contributed by atoms with Crippen LogP contribution in [0.1, 0.15) is 226 Å². The maximum atomic E-state index is 12.7. The predicted octanol–water partition coefficient (Wildman–Crippen LogP) is 14.7. The smallest absolute Gasteiger partial charge is 0.472 e. The van der Waals surface area contributed by atoms with E-state index in [0.29, 0.717) is 19.3 Å². The van der Waals surface area contributed by atoms with Crippen molar-refractivity contribution >= 4 is 25.7 Å². The molecule has 0 radical (unpaired) electrons. The molecule has 0 aliphatic heterocycles. The van der Waals surface area contributed by atoms with Crippen molar-refractivity contribution in [2.75, 3.05) is 19.8 Å². The molecule has 376 valence electrons. The summed E-state index contributed by atoms with van der Waals surface area (Å²) >= 11 is 0. The van der Waals surface area contributed by atoms with Crippen molar-refractivity contribution in [3.63, 3.8) is 0 Å². The number of carbonyl (C=O) groups excluding carboxylic acids is 2. The van der Waals surface area contributed by atoms with Crippen molar-refractivity contribution in [2.24, 2.45) is 5.73 Å². The van der Waals surface area contributed by atoms with Gasteiger partial charge in [0.1, 0.15) is 12.6 Å². The normalized spacial score (nSPS) is 14.0. The Balaban J connectivity index is 4.25. The second-order valence-corrected chi connectivity index (χ2v) is 18.7. The maximum Gasteiger partial charge on any atom is 0.472 e. The van der Waals surface area contributed by atoms with Gasteiger partial charge in [-0.1, -0.05) is 222 Å². The third-order valence-electron chi connectivity index (χ3n) is 11.0. The molecule has 4 N–H and O–H groups in total. The molecule has 0 heterocycles. The van der Waals surface area contributed by atoms with Crippen LogP contribution in [0.3, 0.4) is 0 Å². The van der Waals surface area contributed by atoms with E-state index in [1.165, 1.54) is 128 Å². The van der Waals surface area contributed by atoms with E-state index >= 15 is 0 Å². The lowest BCUT2D eigenvalue weighted by atomic mass is 10.0. The number of rotatable bonds is 48. The number of carboxylic acid groups (broad SMARTS) is 1. The third-order valence-corrected chi connectivity index (χ3v) is 12.0. The van der Waals surface area contributed by atoms with E-state index in [1.807, 2.05) is 12.2 Å². The van der Waals surface area contributed by atoms with Gasteiger partial charge in [0.25, 0.3) is 0 Å². The van der Waals surface area contributed by atoms with Crippen LogP contribution >= 0.6 is 7.82 Å². The van der Waals surface area contributed by atoms with Gasteiger partial charge in [0, 0.05) is 12.8 Å². The van der Waals surface area contributed by atoms with E-state index in [-0.39, 0.29) is 19.4 Å². The first-order chi connectivity index (χ1) is 31.6. The molecule has 0 spiro atoms. The van der Waals surface area contributed by atoms with Crippen molar-refractivity contribution in [1.82, 2.24) is 0 Å². The fourth-order valence-electron chi connectivity index (χ4n) is 7.04. The number of phosphoric ester groups is 1. The van der Waals surface area contributed by atoms with Crippen molar-refractivity contribution in [3.05, 3.63) is 60.8 Å². The lowest BCUT2D eigenvalue weighted by Gasteiger charge is -2.20. The zero-order valence-electron chi connectivity index (χ0n) is 41.1.